The van der Waals surface area contributed by atoms with Crippen LogP contribution in [0, 0.1) is 5.92 Å². The van der Waals surface area contributed by atoms with Crippen LogP contribution in [0.5, 0.6) is 11.5 Å². The number of aliphatic hydroxyl groups excluding tert-OH is 1. The Morgan fingerprint density at radius 2 is 1.50 bits per heavy atom. The van der Waals surface area contributed by atoms with E-state index in [1.54, 1.807) is 24.3 Å². The molecule has 0 bridgehead atoms. The van der Waals surface area contributed by atoms with Crippen molar-refractivity contribution in [1.82, 2.24) is 4.90 Å². The molecule has 0 aliphatic carbocycles. The Kier molecular flexibility index (Phi) is 7.74. The lowest BCUT2D eigenvalue weighted by Gasteiger charge is -2.25. The molecule has 186 valence electrons. The van der Waals surface area contributed by atoms with Crippen LogP contribution < -0.4 is 9.47 Å². The molecular formula is C30H31NO5. The average Bonchev–Trinajstić information content (AvgIpc) is 3.14. The molecule has 0 spiro atoms. The zero-order valence-electron chi connectivity index (χ0n) is 20.8. The first-order chi connectivity index (χ1) is 17.4. The van der Waals surface area contributed by atoms with Gasteiger partial charge in [0.1, 0.15) is 17.3 Å². The average molecular weight is 486 g/mol. The van der Waals surface area contributed by atoms with Crippen molar-refractivity contribution < 1.29 is 24.2 Å². The number of Topliss-reactive ketones (excluding diaryl/α,β-unsaturated/α-hetero) is 1. The number of carbonyl (C=O) groups is 2. The Morgan fingerprint density at radius 1 is 0.889 bits per heavy atom. The van der Waals surface area contributed by atoms with Crippen LogP contribution in [-0.2, 0) is 16.1 Å². The maximum absolute atomic E-state index is 13.2. The predicted molar refractivity (Wildman–Crippen MR) is 139 cm³/mol. The number of aliphatic hydroxyl groups is 1. The predicted octanol–water partition coefficient (Wildman–Crippen LogP) is 5.74. The summed E-state index contributed by atoms with van der Waals surface area (Å²) >= 11 is 0. The van der Waals surface area contributed by atoms with Gasteiger partial charge in [0.15, 0.2) is 0 Å². The largest absolute Gasteiger partial charge is 0.507 e. The summed E-state index contributed by atoms with van der Waals surface area (Å²) in [6.45, 7) is 7.41. The fourth-order valence-electron chi connectivity index (χ4n) is 4.21. The third kappa shape index (κ3) is 5.43. The number of likely N-dealkylation sites (tertiary alicyclic amines) is 1. The van der Waals surface area contributed by atoms with Gasteiger partial charge in [-0.15, -0.1) is 0 Å². The summed E-state index contributed by atoms with van der Waals surface area (Å²) in [4.78, 5) is 27.9. The fourth-order valence-corrected chi connectivity index (χ4v) is 4.21. The van der Waals surface area contributed by atoms with Crippen molar-refractivity contribution in [2.24, 2.45) is 5.92 Å². The number of ketones is 1. The third-order valence-corrected chi connectivity index (χ3v) is 5.95. The molecule has 1 unspecified atom stereocenters. The minimum absolute atomic E-state index is 0.0768. The molecule has 3 aromatic rings. The van der Waals surface area contributed by atoms with Crippen molar-refractivity contribution in [2.75, 3.05) is 13.2 Å². The number of hydrogen-bond acceptors (Lipinski definition) is 5. The van der Waals surface area contributed by atoms with Gasteiger partial charge in [0.05, 0.1) is 24.8 Å². The van der Waals surface area contributed by atoms with Crippen molar-refractivity contribution in [3.8, 4) is 11.5 Å². The van der Waals surface area contributed by atoms with Gasteiger partial charge in [-0.05, 0) is 60.4 Å². The Balaban J connectivity index is 1.70. The third-order valence-electron chi connectivity index (χ3n) is 5.95. The molecule has 36 heavy (non-hydrogen) atoms. The monoisotopic (exact) mass is 485 g/mol. The standard InChI is InChI=1S/C30H31NO5/c1-4-35-24-14-10-21(11-15-24)18-31-27(22-8-6-5-7-9-22)26(29(33)30(31)34)28(32)23-12-16-25(17-13-23)36-19-20(2)3/h5-17,20,27,32H,4,18-19H2,1-3H3/b28-26-. The summed E-state index contributed by atoms with van der Waals surface area (Å²) in [5, 5.41) is 11.3. The number of ether oxygens (including phenoxy) is 2. The molecule has 1 heterocycles. The smallest absolute Gasteiger partial charge is 0.295 e. The molecule has 1 aliphatic heterocycles. The first-order valence-electron chi connectivity index (χ1n) is 12.2. The zero-order valence-corrected chi connectivity index (χ0v) is 20.8. The van der Waals surface area contributed by atoms with Crippen LogP contribution in [0.2, 0.25) is 0 Å². The lowest BCUT2D eigenvalue weighted by Crippen LogP contribution is -2.29. The van der Waals surface area contributed by atoms with E-state index in [9.17, 15) is 14.7 Å². The van der Waals surface area contributed by atoms with Crippen LogP contribution >= 0.6 is 0 Å². The second-order valence-corrected chi connectivity index (χ2v) is 9.14. The summed E-state index contributed by atoms with van der Waals surface area (Å²) in [6, 6.07) is 22.9. The number of amides is 1. The van der Waals surface area contributed by atoms with E-state index in [2.05, 4.69) is 13.8 Å². The van der Waals surface area contributed by atoms with Crippen LogP contribution in [0.15, 0.2) is 84.4 Å². The molecule has 6 heteroatoms. The quantitative estimate of drug-likeness (QED) is 0.238. The summed E-state index contributed by atoms with van der Waals surface area (Å²) in [7, 11) is 0. The number of benzene rings is 3. The molecule has 1 amide bonds. The number of rotatable bonds is 9. The van der Waals surface area contributed by atoms with Gasteiger partial charge in [-0.2, -0.15) is 0 Å². The van der Waals surface area contributed by atoms with Gasteiger partial charge in [0.25, 0.3) is 11.7 Å². The van der Waals surface area contributed by atoms with Crippen LogP contribution in [0.25, 0.3) is 5.76 Å². The van der Waals surface area contributed by atoms with Gasteiger partial charge in [-0.25, -0.2) is 0 Å². The minimum atomic E-state index is -0.713. The van der Waals surface area contributed by atoms with Crippen LogP contribution in [0.4, 0.5) is 0 Å². The zero-order chi connectivity index (χ0) is 25.7. The summed E-state index contributed by atoms with van der Waals surface area (Å²) in [6.07, 6.45) is 0. The molecule has 1 N–H and O–H groups in total. The normalized spacial score (nSPS) is 17.0. The SMILES string of the molecule is CCOc1ccc(CN2C(=O)C(=O)/C(=C(\O)c3ccc(OCC(C)C)cc3)C2c2ccccc2)cc1. The molecule has 3 aromatic carbocycles. The minimum Gasteiger partial charge on any atom is -0.507 e. The molecule has 1 saturated heterocycles. The van der Waals surface area contributed by atoms with E-state index in [0.29, 0.717) is 30.4 Å². The van der Waals surface area contributed by atoms with Gasteiger partial charge in [-0.3, -0.25) is 9.59 Å². The first-order valence-corrected chi connectivity index (χ1v) is 12.2. The van der Waals surface area contributed by atoms with Crippen LogP contribution in [-0.4, -0.2) is 34.9 Å². The second-order valence-electron chi connectivity index (χ2n) is 9.14. The molecular weight excluding hydrogens is 454 g/mol. The Labute approximate surface area is 211 Å². The maximum Gasteiger partial charge on any atom is 0.295 e. The van der Waals surface area contributed by atoms with Crippen LogP contribution in [0.1, 0.15) is 43.5 Å². The number of nitrogens with zero attached hydrogens (tertiary/aromatic N) is 1. The molecule has 0 saturated carbocycles. The van der Waals surface area contributed by atoms with Gasteiger partial charge < -0.3 is 19.5 Å². The van der Waals surface area contributed by atoms with E-state index >= 15 is 0 Å². The van der Waals surface area contributed by atoms with E-state index in [-0.39, 0.29) is 17.9 Å². The fraction of sp³-hybridized carbons (Fsp3) is 0.267. The van der Waals surface area contributed by atoms with Gasteiger partial charge in [-0.1, -0.05) is 56.3 Å². The molecule has 6 nitrogen and oxygen atoms in total. The molecule has 0 radical (unpaired) electrons. The summed E-state index contributed by atoms with van der Waals surface area (Å²) in [5.41, 5.74) is 2.13. The summed E-state index contributed by atoms with van der Waals surface area (Å²) in [5.74, 6) is 0.255. The van der Waals surface area contributed by atoms with Crippen LogP contribution in [0.3, 0.4) is 0 Å². The topological polar surface area (TPSA) is 76.1 Å². The maximum atomic E-state index is 13.2. The lowest BCUT2D eigenvalue weighted by atomic mass is 9.95. The van der Waals surface area contributed by atoms with Crippen molar-refractivity contribution in [1.29, 1.82) is 0 Å². The second kappa shape index (κ2) is 11.1. The van der Waals surface area contributed by atoms with Gasteiger partial charge >= 0.3 is 0 Å². The van der Waals surface area contributed by atoms with Crippen molar-refractivity contribution >= 4 is 17.4 Å². The van der Waals surface area contributed by atoms with E-state index in [4.69, 9.17) is 9.47 Å². The van der Waals surface area contributed by atoms with E-state index in [1.165, 1.54) is 4.90 Å². The number of hydrogen-bond donors (Lipinski definition) is 1. The molecule has 1 fully saturated rings. The number of carbonyl (C=O) groups excluding carboxylic acids is 2. The molecule has 0 aromatic heterocycles. The molecule has 4 rings (SSSR count). The summed E-state index contributed by atoms with van der Waals surface area (Å²) < 4.78 is 11.2. The van der Waals surface area contributed by atoms with Gasteiger partial charge in [0, 0.05) is 12.1 Å². The Hall–Kier alpha value is -4.06. The van der Waals surface area contributed by atoms with Crippen molar-refractivity contribution in [3.63, 3.8) is 0 Å². The molecule has 1 atom stereocenters. The molecule has 1 aliphatic rings. The van der Waals surface area contributed by atoms with E-state index < -0.39 is 17.7 Å². The highest BCUT2D eigenvalue weighted by Crippen LogP contribution is 2.40. The van der Waals surface area contributed by atoms with Crippen molar-refractivity contribution in [3.05, 3.63) is 101 Å². The highest BCUT2D eigenvalue weighted by molar-refractivity contribution is 6.46. The highest BCUT2D eigenvalue weighted by atomic mass is 16.5. The Morgan fingerprint density at radius 3 is 2.11 bits per heavy atom. The van der Waals surface area contributed by atoms with E-state index in [1.807, 2.05) is 61.5 Å². The lowest BCUT2D eigenvalue weighted by molar-refractivity contribution is -0.140. The van der Waals surface area contributed by atoms with E-state index in [0.717, 1.165) is 16.9 Å². The first kappa shape index (κ1) is 25.0. The van der Waals surface area contributed by atoms with Gasteiger partial charge in [0.2, 0.25) is 0 Å². The highest BCUT2D eigenvalue weighted by Gasteiger charge is 2.46. The van der Waals surface area contributed by atoms with Crippen molar-refractivity contribution in [2.45, 2.75) is 33.4 Å². The Bertz CT molecular complexity index is 1230.